The van der Waals surface area contributed by atoms with E-state index in [1.807, 2.05) is 0 Å². The van der Waals surface area contributed by atoms with Crippen LogP contribution in [-0.2, 0) is 16.0 Å². The van der Waals surface area contributed by atoms with Gasteiger partial charge in [-0.1, -0.05) is 0 Å². The highest BCUT2D eigenvalue weighted by atomic mass is 16.5. The average Bonchev–Trinajstić information content (AvgIpc) is 2.69. The number of imidazole rings is 1. The highest BCUT2D eigenvalue weighted by Gasteiger charge is 2.11. The molecule has 2 N–H and O–H groups in total. The maximum absolute atomic E-state index is 11.0. The molecule has 0 aromatic carbocycles. The van der Waals surface area contributed by atoms with E-state index >= 15 is 0 Å². The number of carbonyl (C=O) groups is 1. The van der Waals surface area contributed by atoms with Crippen LogP contribution in [-0.4, -0.2) is 35.6 Å². The third-order valence-electron chi connectivity index (χ3n) is 1.92. The summed E-state index contributed by atoms with van der Waals surface area (Å²) in [4.78, 5) is 18.0. The first-order valence-corrected chi connectivity index (χ1v) is 4.53. The Morgan fingerprint density at radius 3 is 3.14 bits per heavy atom. The van der Waals surface area contributed by atoms with Crippen LogP contribution in [0.25, 0.3) is 0 Å². The molecule has 5 nitrogen and oxygen atoms in total. The van der Waals surface area contributed by atoms with E-state index in [1.54, 1.807) is 19.3 Å². The van der Waals surface area contributed by atoms with Crippen LogP contribution in [0.1, 0.15) is 12.7 Å². The topological polar surface area (TPSA) is 67.0 Å². The van der Waals surface area contributed by atoms with Crippen molar-refractivity contribution >= 4 is 5.97 Å². The Balaban J connectivity index is 2.18. The predicted octanol–water partition coefficient (Wildman–Crippen LogP) is 0.103. The van der Waals surface area contributed by atoms with E-state index in [1.165, 1.54) is 7.11 Å². The maximum Gasteiger partial charge on any atom is 0.322 e. The molecule has 1 rings (SSSR count). The number of nitrogens with zero attached hydrogens (tertiary/aromatic N) is 1. The third-order valence-corrected chi connectivity index (χ3v) is 1.92. The maximum atomic E-state index is 11.0. The van der Waals surface area contributed by atoms with Gasteiger partial charge >= 0.3 is 5.97 Å². The molecule has 0 fully saturated rings. The number of aromatic amines is 1. The van der Waals surface area contributed by atoms with Gasteiger partial charge in [0.2, 0.25) is 0 Å². The Kier molecular flexibility index (Phi) is 4.12. The second kappa shape index (κ2) is 5.39. The molecular formula is C9H15N3O2. The number of esters is 1. The van der Waals surface area contributed by atoms with Crippen molar-refractivity contribution < 1.29 is 9.53 Å². The summed E-state index contributed by atoms with van der Waals surface area (Å²) in [6, 6.07) is -0.269. The van der Waals surface area contributed by atoms with Crippen LogP contribution in [0.15, 0.2) is 12.4 Å². The van der Waals surface area contributed by atoms with Crippen molar-refractivity contribution in [2.24, 2.45) is 0 Å². The van der Waals surface area contributed by atoms with Crippen LogP contribution in [0.5, 0.6) is 0 Å². The number of H-pyrrole nitrogens is 1. The SMILES string of the molecule is COC(=O)C(C)NCCc1ncc[nH]1. The fraction of sp³-hybridized carbons (Fsp3) is 0.556. The zero-order valence-electron chi connectivity index (χ0n) is 8.41. The fourth-order valence-electron chi connectivity index (χ4n) is 1.10. The van der Waals surface area contributed by atoms with Gasteiger partial charge in [0.25, 0.3) is 0 Å². The molecule has 0 aliphatic rings. The van der Waals surface area contributed by atoms with E-state index in [0.29, 0.717) is 6.54 Å². The second-order valence-corrected chi connectivity index (χ2v) is 2.98. The van der Waals surface area contributed by atoms with Crippen LogP contribution in [0, 0.1) is 0 Å². The minimum absolute atomic E-state index is 0.246. The number of methoxy groups -OCH3 is 1. The van der Waals surface area contributed by atoms with Crippen LogP contribution in [0.4, 0.5) is 0 Å². The minimum atomic E-state index is -0.269. The Morgan fingerprint density at radius 2 is 2.57 bits per heavy atom. The van der Waals surface area contributed by atoms with E-state index in [-0.39, 0.29) is 12.0 Å². The highest BCUT2D eigenvalue weighted by Crippen LogP contribution is 1.90. The number of hydrogen-bond donors (Lipinski definition) is 2. The zero-order valence-corrected chi connectivity index (χ0v) is 8.41. The fourth-order valence-corrected chi connectivity index (χ4v) is 1.10. The molecule has 0 radical (unpaired) electrons. The molecule has 0 bridgehead atoms. The van der Waals surface area contributed by atoms with Gasteiger partial charge in [-0.3, -0.25) is 4.79 Å². The number of ether oxygens (including phenoxy) is 1. The van der Waals surface area contributed by atoms with Gasteiger partial charge in [-0.15, -0.1) is 0 Å². The molecule has 78 valence electrons. The van der Waals surface area contributed by atoms with Crippen LogP contribution in [0.2, 0.25) is 0 Å². The largest absolute Gasteiger partial charge is 0.468 e. The number of hydrogen-bond acceptors (Lipinski definition) is 4. The highest BCUT2D eigenvalue weighted by molar-refractivity contribution is 5.75. The van der Waals surface area contributed by atoms with Crippen LogP contribution >= 0.6 is 0 Å². The molecule has 0 amide bonds. The molecule has 1 aromatic rings. The summed E-state index contributed by atoms with van der Waals surface area (Å²) in [5.74, 6) is 0.666. The third kappa shape index (κ3) is 3.18. The number of carbonyl (C=O) groups excluding carboxylic acids is 1. The summed E-state index contributed by atoms with van der Waals surface area (Å²) in [5.41, 5.74) is 0. The molecule has 1 aromatic heterocycles. The lowest BCUT2D eigenvalue weighted by Gasteiger charge is -2.10. The van der Waals surface area contributed by atoms with Gasteiger partial charge < -0.3 is 15.0 Å². The molecule has 0 saturated heterocycles. The van der Waals surface area contributed by atoms with Crippen molar-refractivity contribution in [3.8, 4) is 0 Å². The molecule has 1 unspecified atom stereocenters. The Bertz CT molecular complexity index is 272. The van der Waals surface area contributed by atoms with Gasteiger partial charge in [-0.05, 0) is 6.92 Å². The van der Waals surface area contributed by atoms with Gasteiger partial charge in [0.15, 0.2) is 0 Å². The smallest absolute Gasteiger partial charge is 0.322 e. The van der Waals surface area contributed by atoms with Gasteiger partial charge in [0.05, 0.1) is 7.11 Å². The lowest BCUT2D eigenvalue weighted by Crippen LogP contribution is -2.36. The minimum Gasteiger partial charge on any atom is -0.468 e. The van der Waals surface area contributed by atoms with Crippen molar-refractivity contribution in [2.75, 3.05) is 13.7 Å². The van der Waals surface area contributed by atoms with Crippen molar-refractivity contribution in [2.45, 2.75) is 19.4 Å². The molecule has 0 aliphatic heterocycles. The first-order valence-electron chi connectivity index (χ1n) is 4.53. The van der Waals surface area contributed by atoms with E-state index < -0.39 is 0 Å². The quantitative estimate of drug-likeness (QED) is 0.657. The van der Waals surface area contributed by atoms with Gasteiger partial charge in [-0.2, -0.15) is 0 Å². The van der Waals surface area contributed by atoms with Gasteiger partial charge in [0, 0.05) is 25.4 Å². The molecule has 5 heteroatoms. The Labute approximate surface area is 82.9 Å². The summed E-state index contributed by atoms with van der Waals surface area (Å²) in [6.07, 6.45) is 4.26. The summed E-state index contributed by atoms with van der Waals surface area (Å²) in [6.45, 7) is 2.47. The van der Waals surface area contributed by atoms with Gasteiger partial charge in [0.1, 0.15) is 11.9 Å². The van der Waals surface area contributed by atoms with Crippen molar-refractivity contribution in [1.82, 2.24) is 15.3 Å². The standard InChI is InChI=1S/C9H15N3O2/c1-7(9(13)14-2)10-4-3-8-11-5-6-12-8/h5-7,10H,3-4H2,1-2H3,(H,11,12). The van der Waals surface area contributed by atoms with Crippen molar-refractivity contribution in [1.29, 1.82) is 0 Å². The molecule has 14 heavy (non-hydrogen) atoms. The number of aromatic nitrogens is 2. The molecule has 0 spiro atoms. The van der Waals surface area contributed by atoms with E-state index in [4.69, 9.17) is 0 Å². The van der Waals surface area contributed by atoms with Crippen LogP contribution < -0.4 is 5.32 Å². The Hall–Kier alpha value is -1.36. The molecule has 0 aliphatic carbocycles. The molecular weight excluding hydrogens is 182 g/mol. The average molecular weight is 197 g/mol. The van der Waals surface area contributed by atoms with Crippen molar-refractivity contribution in [3.63, 3.8) is 0 Å². The summed E-state index contributed by atoms with van der Waals surface area (Å²) in [7, 11) is 1.38. The van der Waals surface area contributed by atoms with Gasteiger partial charge in [-0.25, -0.2) is 4.98 Å². The molecule has 0 saturated carbocycles. The van der Waals surface area contributed by atoms with Crippen LogP contribution in [0.3, 0.4) is 0 Å². The zero-order chi connectivity index (χ0) is 10.4. The second-order valence-electron chi connectivity index (χ2n) is 2.98. The summed E-state index contributed by atoms with van der Waals surface area (Å²) < 4.78 is 4.57. The number of nitrogens with one attached hydrogen (secondary N) is 2. The van der Waals surface area contributed by atoms with E-state index in [9.17, 15) is 4.79 Å². The first-order chi connectivity index (χ1) is 6.74. The summed E-state index contributed by atoms with van der Waals surface area (Å²) in [5, 5.41) is 3.04. The normalized spacial score (nSPS) is 12.4. The Morgan fingerprint density at radius 1 is 1.79 bits per heavy atom. The van der Waals surface area contributed by atoms with E-state index in [0.717, 1.165) is 12.2 Å². The predicted molar refractivity (Wildman–Crippen MR) is 51.8 cm³/mol. The molecule has 1 atom stereocenters. The monoisotopic (exact) mass is 197 g/mol. The lowest BCUT2D eigenvalue weighted by molar-refractivity contribution is -0.142. The number of rotatable bonds is 5. The van der Waals surface area contributed by atoms with Crippen molar-refractivity contribution in [3.05, 3.63) is 18.2 Å². The molecule has 1 heterocycles. The van der Waals surface area contributed by atoms with E-state index in [2.05, 4.69) is 20.0 Å². The lowest BCUT2D eigenvalue weighted by atomic mass is 10.3. The summed E-state index contributed by atoms with van der Waals surface area (Å²) >= 11 is 0. The first kappa shape index (κ1) is 10.7.